The standard InChI is InChI=1S/C13H17BrN2OS/c1-13(2,9-3-5-10(14)6-4-9)16-12(17)11-7-18-8-15-11/h3-6,11,15H,7-8H2,1-2H3,(H,16,17). The number of hydrogen-bond donors (Lipinski definition) is 2. The van der Waals surface area contributed by atoms with E-state index in [2.05, 4.69) is 26.6 Å². The molecule has 1 aromatic rings. The fraction of sp³-hybridized carbons (Fsp3) is 0.462. The van der Waals surface area contributed by atoms with Gasteiger partial charge in [-0.15, -0.1) is 11.8 Å². The first-order valence-corrected chi connectivity index (χ1v) is 7.83. The third-order valence-electron chi connectivity index (χ3n) is 3.03. The number of thioether (sulfide) groups is 1. The highest BCUT2D eigenvalue weighted by Gasteiger charge is 2.28. The normalized spacial score (nSPS) is 19.8. The first-order valence-electron chi connectivity index (χ1n) is 5.88. The van der Waals surface area contributed by atoms with E-state index in [9.17, 15) is 4.79 Å². The minimum Gasteiger partial charge on any atom is -0.346 e. The summed E-state index contributed by atoms with van der Waals surface area (Å²) in [6.45, 7) is 4.05. The van der Waals surface area contributed by atoms with Crippen LogP contribution < -0.4 is 10.6 Å². The van der Waals surface area contributed by atoms with Crippen LogP contribution in [0.15, 0.2) is 28.7 Å². The van der Waals surface area contributed by atoms with Crippen molar-refractivity contribution in [1.29, 1.82) is 0 Å². The van der Waals surface area contributed by atoms with Crippen molar-refractivity contribution < 1.29 is 4.79 Å². The molecule has 1 atom stereocenters. The van der Waals surface area contributed by atoms with E-state index in [0.717, 1.165) is 21.7 Å². The lowest BCUT2D eigenvalue weighted by atomic mass is 9.94. The van der Waals surface area contributed by atoms with Gasteiger partial charge in [0.2, 0.25) is 5.91 Å². The summed E-state index contributed by atoms with van der Waals surface area (Å²) >= 11 is 5.17. The molecule has 1 aliphatic heterocycles. The maximum Gasteiger partial charge on any atom is 0.238 e. The summed E-state index contributed by atoms with van der Waals surface area (Å²) in [4.78, 5) is 12.1. The van der Waals surface area contributed by atoms with E-state index in [-0.39, 0.29) is 17.5 Å². The Hall–Kier alpha value is -0.520. The van der Waals surface area contributed by atoms with Gasteiger partial charge in [-0.1, -0.05) is 28.1 Å². The molecule has 1 aromatic carbocycles. The topological polar surface area (TPSA) is 41.1 Å². The van der Waals surface area contributed by atoms with Gasteiger partial charge in [0, 0.05) is 16.1 Å². The van der Waals surface area contributed by atoms with Gasteiger partial charge in [0.25, 0.3) is 0 Å². The second kappa shape index (κ2) is 5.63. The Morgan fingerprint density at radius 1 is 1.44 bits per heavy atom. The Balaban J connectivity index is 2.06. The monoisotopic (exact) mass is 328 g/mol. The lowest BCUT2D eigenvalue weighted by Gasteiger charge is -2.28. The summed E-state index contributed by atoms with van der Waals surface area (Å²) in [7, 11) is 0. The van der Waals surface area contributed by atoms with Gasteiger partial charge in [-0.3, -0.25) is 10.1 Å². The molecule has 1 amide bonds. The molecule has 3 nitrogen and oxygen atoms in total. The van der Waals surface area contributed by atoms with Crippen LogP contribution >= 0.6 is 27.7 Å². The van der Waals surface area contributed by atoms with Gasteiger partial charge in [-0.25, -0.2) is 0 Å². The van der Waals surface area contributed by atoms with Gasteiger partial charge in [-0.05, 0) is 31.5 Å². The molecule has 0 radical (unpaired) electrons. The maximum absolute atomic E-state index is 12.1. The Morgan fingerprint density at radius 2 is 2.11 bits per heavy atom. The lowest BCUT2D eigenvalue weighted by Crippen LogP contribution is -2.49. The van der Waals surface area contributed by atoms with Crippen molar-refractivity contribution in [1.82, 2.24) is 10.6 Å². The van der Waals surface area contributed by atoms with Crippen LogP contribution in [-0.2, 0) is 10.3 Å². The van der Waals surface area contributed by atoms with Gasteiger partial charge < -0.3 is 5.32 Å². The molecular formula is C13H17BrN2OS. The Morgan fingerprint density at radius 3 is 2.67 bits per heavy atom. The van der Waals surface area contributed by atoms with Crippen molar-refractivity contribution >= 4 is 33.6 Å². The molecule has 1 heterocycles. The van der Waals surface area contributed by atoms with Crippen LogP contribution in [0.5, 0.6) is 0 Å². The Kier molecular flexibility index (Phi) is 4.35. The van der Waals surface area contributed by atoms with E-state index < -0.39 is 0 Å². The number of rotatable bonds is 3. The number of nitrogens with one attached hydrogen (secondary N) is 2. The Labute approximate surface area is 120 Å². The molecule has 1 unspecified atom stereocenters. The summed E-state index contributed by atoms with van der Waals surface area (Å²) in [5.74, 6) is 1.78. The van der Waals surface area contributed by atoms with Crippen molar-refractivity contribution in [3.05, 3.63) is 34.3 Å². The van der Waals surface area contributed by atoms with Crippen LogP contribution in [0.25, 0.3) is 0 Å². The zero-order valence-electron chi connectivity index (χ0n) is 10.5. The average molecular weight is 329 g/mol. The zero-order valence-corrected chi connectivity index (χ0v) is 12.9. The van der Waals surface area contributed by atoms with Crippen LogP contribution in [0.4, 0.5) is 0 Å². The molecular weight excluding hydrogens is 312 g/mol. The number of hydrogen-bond acceptors (Lipinski definition) is 3. The highest BCUT2D eigenvalue weighted by Crippen LogP contribution is 2.22. The van der Waals surface area contributed by atoms with Crippen LogP contribution in [0.3, 0.4) is 0 Å². The summed E-state index contributed by atoms with van der Waals surface area (Å²) in [6.07, 6.45) is 0. The number of halogens is 1. The van der Waals surface area contributed by atoms with Crippen molar-refractivity contribution in [2.45, 2.75) is 25.4 Å². The van der Waals surface area contributed by atoms with Crippen molar-refractivity contribution in [2.24, 2.45) is 0 Å². The lowest BCUT2D eigenvalue weighted by molar-refractivity contribution is -0.124. The van der Waals surface area contributed by atoms with E-state index in [0.29, 0.717) is 0 Å². The summed E-state index contributed by atoms with van der Waals surface area (Å²) in [5, 5.41) is 6.29. The second-order valence-electron chi connectivity index (χ2n) is 4.89. The fourth-order valence-corrected chi connectivity index (χ4v) is 3.10. The maximum atomic E-state index is 12.1. The highest BCUT2D eigenvalue weighted by atomic mass is 79.9. The second-order valence-corrected chi connectivity index (χ2v) is 6.84. The van der Waals surface area contributed by atoms with E-state index in [4.69, 9.17) is 0 Å². The molecule has 2 N–H and O–H groups in total. The molecule has 0 saturated carbocycles. The van der Waals surface area contributed by atoms with Crippen molar-refractivity contribution in [3.8, 4) is 0 Å². The smallest absolute Gasteiger partial charge is 0.238 e. The van der Waals surface area contributed by atoms with Gasteiger partial charge in [0.1, 0.15) is 0 Å². The molecule has 0 spiro atoms. The van der Waals surface area contributed by atoms with Crippen molar-refractivity contribution in [2.75, 3.05) is 11.6 Å². The van der Waals surface area contributed by atoms with E-state index in [1.165, 1.54) is 0 Å². The molecule has 98 valence electrons. The molecule has 0 aromatic heterocycles. The average Bonchev–Trinajstić information content (AvgIpc) is 2.82. The molecule has 18 heavy (non-hydrogen) atoms. The van der Waals surface area contributed by atoms with E-state index >= 15 is 0 Å². The van der Waals surface area contributed by atoms with Crippen LogP contribution in [0, 0.1) is 0 Å². The third kappa shape index (κ3) is 3.28. The minimum atomic E-state index is -0.354. The summed E-state index contributed by atoms with van der Waals surface area (Å²) in [6, 6.07) is 7.98. The SMILES string of the molecule is CC(C)(NC(=O)C1CSCN1)c1ccc(Br)cc1. The van der Waals surface area contributed by atoms with Crippen LogP contribution in [0.2, 0.25) is 0 Å². The van der Waals surface area contributed by atoms with Crippen LogP contribution in [-0.4, -0.2) is 23.6 Å². The molecule has 0 bridgehead atoms. The van der Waals surface area contributed by atoms with Gasteiger partial charge in [-0.2, -0.15) is 0 Å². The molecule has 1 saturated heterocycles. The summed E-state index contributed by atoms with van der Waals surface area (Å²) in [5.41, 5.74) is 0.747. The highest BCUT2D eigenvalue weighted by molar-refractivity contribution is 9.10. The number of carbonyl (C=O) groups excluding carboxylic acids is 1. The zero-order chi connectivity index (χ0) is 13.2. The number of carbonyl (C=O) groups is 1. The van der Waals surface area contributed by atoms with Gasteiger partial charge in [0.15, 0.2) is 0 Å². The largest absolute Gasteiger partial charge is 0.346 e. The van der Waals surface area contributed by atoms with Crippen LogP contribution in [0.1, 0.15) is 19.4 Å². The number of amides is 1. The van der Waals surface area contributed by atoms with Gasteiger partial charge >= 0.3 is 0 Å². The van der Waals surface area contributed by atoms with Crippen molar-refractivity contribution in [3.63, 3.8) is 0 Å². The van der Waals surface area contributed by atoms with E-state index in [1.54, 1.807) is 11.8 Å². The molecule has 1 fully saturated rings. The molecule has 5 heteroatoms. The molecule has 0 aliphatic carbocycles. The van der Waals surface area contributed by atoms with Gasteiger partial charge in [0.05, 0.1) is 11.6 Å². The predicted octanol–water partition coefficient (Wildman–Crippen LogP) is 2.46. The first kappa shape index (κ1) is 13.9. The van der Waals surface area contributed by atoms with E-state index in [1.807, 2.05) is 38.1 Å². The summed E-state index contributed by atoms with van der Waals surface area (Å²) < 4.78 is 1.04. The third-order valence-corrected chi connectivity index (χ3v) is 4.50. The Bertz CT molecular complexity index is 427. The minimum absolute atomic E-state index is 0.0651. The quantitative estimate of drug-likeness (QED) is 0.895. The predicted molar refractivity (Wildman–Crippen MR) is 79.6 cm³/mol. The molecule has 1 aliphatic rings. The number of benzene rings is 1. The first-order chi connectivity index (χ1) is 8.49. The molecule has 2 rings (SSSR count). The fourth-order valence-electron chi connectivity index (χ4n) is 1.90.